The van der Waals surface area contributed by atoms with Gasteiger partial charge in [0.2, 0.25) is 5.89 Å². The number of aromatic nitrogens is 2. The molecule has 0 saturated heterocycles. The van der Waals surface area contributed by atoms with E-state index in [1.807, 2.05) is 25.1 Å². The van der Waals surface area contributed by atoms with E-state index in [2.05, 4.69) is 10.1 Å². The maximum Gasteiger partial charge on any atom is 0.237 e. The average molecular weight is 261 g/mol. The second-order valence-corrected chi connectivity index (χ2v) is 5.61. The van der Waals surface area contributed by atoms with Gasteiger partial charge in [-0.15, -0.1) is 11.8 Å². The van der Waals surface area contributed by atoms with Crippen molar-refractivity contribution < 1.29 is 4.52 Å². The Labute approximate surface area is 110 Å². The van der Waals surface area contributed by atoms with Crippen LogP contribution in [0.1, 0.15) is 36.0 Å². The molecule has 1 fully saturated rings. The molecule has 0 atom stereocenters. The molecule has 4 nitrogen and oxygen atoms in total. The predicted molar refractivity (Wildman–Crippen MR) is 71.4 cm³/mol. The third kappa shape index (κ3) is 2.36. The summed E-state index contributed by atoms with van der Waals surface area (Å²) in [7, 11) is 0. The summed E-state index contributed by atoms with van der Waals surface area (Å²) in [5, 5.41) is 4.00. The summed E-state index contributed by atoms with van der Waals surface area (Å²) in [4.78, 5) is 5.47. The molecule has 1 aromatic heterocycles. The molecule has 0 spiro atoms. The summed E-state index contributed by atoms with van der Waals surface area (Å²) < 4.78 is 5.24. The molecule has 2 N–H and O–H groups in total. The number of nitrogens with zero attached hydrogens (tertiary/aromatic N) is 2. The van der Waals surface area contributed by atoms with Gasteiger partial charge < -0.3 is 10.3 Å². The number of nitrogen functional groups attached to an aromatic ring is 1. The molecule has 1 aromatic carbocycles. The van der Waals surface area contributed by atoms with Crippen LogP contribution in [0.4, 0.5) is 5.69 Å². The van der Waals surface area contributed by atoms with Gasteiger partial charge in [0.05, 0.1) is 5.75 Å². The van der Waals surface area contributed by atoms with Gasteiger partial charge in [-0.05, 0) is 31.4 Å². The van der Waals surface area contributed by atoms with Crippen LogP contribution in [-0.2, 0) is 5.75 Å². The predicted octanol–water partition coefficient (Wildman–Crippen LogP) is 3.13. The number of aryl methyl sites for hydroxylation is 1. The molecule has 0 aliphatic heterocycles. The number of hydrogen-bond acceptors (Lipinski definition) is 5. The zero-order chi connectivity index (χ0) is 12.5. The average Bonchev–Trinajstić information content (AvgIpc) is 3.11. The second kappa shape index (κ2) is 4.65. The molecule has 94 valence electrons. The lowest BCUT2D eigenvalue weighted by Gasteiger charge is -2.05. The first-order chi connectivity index (χ1) is 8.74. The minimum atomic E-state index is 0.538. The molecule has 0 bridgehead atoms. The van der Waals surface area contributed by atoms with Crippen molar-refractivity contribution in [3.8, 4) is 0 Å². The number of hydrogen-bond donors (Lipinski definition) is 1. The van der Waals surface area contributed by atoms with E-state index in [1.165, 1.54) is 12.8 Å². The molecule has 18 heavy (non-hydrogen) atoms. The van der Waals surface area contributed by atoms with E-state index in [9.17, 15) is 0 Å². The first kappa shape index (κ1) is 11.6. The van der Waals surface area contributed by atoms with Gasteiger partial charge in [0.15, 0.2) is 5.82 Å². The Bertz CT molecular complexity index is 563. The summed E-state index contributed by atoms with van der Waals surface area (Å²) in [5.74, 6) is 2.76. The van der Waals surface area contributed by atoms with Crippen LogP contribution in [0.25, 0.3) is 0 Å². The SMILES string of the molecule is Cc1cccc(SCc2nc(C3CC3)no2)c1N. The zero-order valence-electron chi connectivity index (χ0n) is 10.2. The van der Waals surface area contributed by atoms with E-state index >= 15 is 0 Å². The Kier molecular flexibility index (Phi) is 2.99. The molecule has 1 heterocycles. The van der Waals surface area contributed by atoms with Crippen molar-refractivity contribution in [2.45, 2.75) is 36.3 Å². The minimum Gasteiger partial charge on any atom is -0.398 e. The second-order valence-electron chi connectivity index (χ2n) is 4.60. The highest BCUT2D eigenvalue weighted by Gasteiger charge is 2.28. The first-order valence-electron chi connectivity index (χ1n) is 6.04. The molecule has 1 saturated carbocycles. The van der Waals surface area contributed by atoms with Crippen molar-refractivity contribution in [2.75, 3.05) is 5.73 Å². The van der Waals surface area contributed by atoms with Crippen molar-refractivity contribution in [3.63, 3.8) is 0 Å². The van der Waals surface area contributed by atoms with Crippen LogP contribution >= 0.6 is 11.8 Å². The van der Waals surface area contributed by atoms with Crippen LogP contribution in [0, 0.1) is 6.92 Å². The van der Waals surface area contributed by atoms with Gasteiger partial charge in [0.1, 0.15) is 0 Å². The summed E-state index contributed by atoms with van der Waals surface area (Å²) in [6.07, 6.45) is 2.38. The molecule has 0 radical (unpaired) electrons. The Hall–Kier alpha value is -1.49. The molecule has 1 aliphatic carbocycles. The van der Waals surface area contributed by atoms with Gasteiger partial charge in [0, 0.05) is 16.5 Å². The van der Waals surface area contributed by atoms with Crippen LogP contribution in [0.5, 0.6) is 0 Å². The van der Waals surface area contributed by atoms with E-state index in [0.29, 0.717) is 17.6 Å². The monoisotopic (exact) mass is 261 g/mol. The molecular formula is C13H15N3OS. The third-order valence-corrected chi connectivity index (χ3v) is 4.12. The first-order valence-corrected chi connectivity index (χ1v) is 7.03. The highest BCUT2D eigenvalue weighted by atomic mass is 32.2. The van der Waals surface area contributed by atoms with Crippen LogP contribution in [0.15, 0.2) is 27.6 Å². The van der Waals surface area contributed by atoms with E-state index in [1.54, 1.807) is 11.8 Å². The molecule has 5 heteroatoms. The standard InChI is InChI=1S/C13H15N3OS/c1-8-3-2-4-10(12(8)14)18-7-11-15-13(16-17-11)9-5-6-9/h2-4,9H,5-7,14H2,1H3. The minimum absolute atomic E-state index is 0.538. The van der Waals surface area contributed by atoms with Crippen molar-refractivity contribution in [2.24, 2.45) is 0 Å². The number of para-hydroxylation sites is 1. The summed E-state index contributed by atoms with van der Waals surface area (Å²) >= 11 is 1.64. The zero-order valence-corrected chi connectivity index (χ0v) is 11.0. The van der Waals surface area contributed by atoms with E-state index in [-0.39, 0.29) is 0 Å². The highest BCUT2D eigenvalue weighted by molar-refractivity contribution is 7.98. The van der Waals surface area contributed by atoms with Gasteiger partial charge in [-0.2, -0.15) is 4.98 Å². The van der Waals surface area contributed by atoms with E-state index < -0.39 is 0 Å². The fraction of sp³-hybridized carbons (Fsp3) is 0.385. The van der Waals surface area contributed by atoms with Crippen molar-refractivity contribution in [1.29, 1.82) is 0 Å². The topological polar surface area (TPSA) is 64.9 Å². The number of nitrogens with two attached hydrogens (primary N) is 1. The fourth-order valence-corrected chi connectivity index (χ4v) is 2.64. The Balaban J connectivity index is 1.67. The van der Waals surface area contributed by atoms with Gasteiger partial charge in [-0.1, -0.05) is 17.3 Å². The largest absolute Gasteiger partial charge is 0.398 e. The van der Waals surface area contributed by atoms with Gasteiger partial charge in [-0.3, -0.25) is 0 Å². The lowest BCUT2D eigenvalue weighted by molar-refractivity contribution is 0.385. The van der Waals surface area contributed by atoms with E-state index in [4.69, 9.17) is 10.3 Å². The summed E-state index contributed by atoms with van der Waals surface area (Å²) in [6.45, 7) is 2.01. The molecule has 3 rings (SSSR count). The Morgan fingerprint density at radius 1 is 1.44 bits per heavy atom. The summed E-state index contributed by atoms with van der Waals surface area (Å²) in [6, 6.07) is 6.04. The van der Waals surface area contributed by atoms with Crippen LogP contribution in [-0.4, -0.2) is 10.1 Å². The van der Waals surface area contributed by atoms with Crippen LogP contribution in [0.2, 0.25) is 0 Å². The smallest absolute Gasteiger partial charge is 0.237 e. The molecule has 0 unspecified atom stereocenters. The van der Waals surface area contributed by atoms with Crippen LogP contribution in [0.3, 0.4) is 0 Å². The Morgan fingerprint density at radius 2 is 2.28 bits per heavy atom. The molecule has 0 amide bonds. The van der Waals surface area contributed by atoms with Crippen molar-refractivity contribution in [1.82, 2.24) is 10.1 Å². The highest BCUT2D eigenvalue weighted by Crippen LogP contribution is 2.38. The molecule has 1 aliphatic rings. The number of anilines is 1. The Morgan fingerprint density at radius 3 is 3.06 bits per heavy atom. The molecular weight excluding hydrogens is 246 g/mol. The summed E-state index contributed by atoms with van der Waals surface area (Å²) in [5.41, 5.74) is 7.96. The van der Waals surface area contributed by atoms with Crippen molar-refractivity contribution >= 4 is 17.4 Å². The lowest BCUT2D eigenvalue weighted by Crippen LogP contribution is -1.92. The van der Waals surface area contributed by atoms with Crippen LogP contribution < -0.4 is 5.73 Å². The van der Waals surface area contributed by atoms with Gasteiger partial charge >= 0.3 is 0 Å². The van der Waals surface area contributed by atoms with E-state index in [0.717, 1.165) is 22.0 Å². The van der Waals surface area contributed by atoms with Crippen molar-refractivity contribution in [3.05, 3.63) is 35.5 Å². The maximum atomic E-state index is 6.02. The normalized spacial score (nSPS) is 14.9. The fourth-order valence-electron chi connectivity index (χ4n) is 1.75. The number of thioether (sulfide) groups is 1. The lowest BCUT2D eigenvalue weighted by atomic mass is 10.2. The number of rotatable bonds is 4. The maximum absolute atomic E-state index is 6.02. The van der Waals surface area contributed by atoms with Gasteiger partial charge in [-0.25, -0.2) is 0 Å². The number of benzene rings is 1. The quantitative estimate of drug-likeness (QED) is 0.676. The molecule has 2 aromatic rings. The third-order valence-electron chi connectivity index (χ3n) is 3.06. The van der Waals surface area contributed by atoms with Gasteiger partial charge in [0.25, 0.3) is 0 Å².